The van der Waals surface area contributed by atoms with E-state index in [1.54, 1.807) is 13.8 Å². The van der Waals surface area contributed by atoms with Gasteiger partial charge in [-0.25, -0.2) is 18.4 Å². The predicted molar refractivity (Wildman–Crippen MR) is 68.0 cm³/mol. The van der Waals surface area contributed by atoms with Crippen LogP contribution in [0.4, 0.5) is 10.3 Å². The topological polar surface area (TPSA) is 112 Å². The maximum absolute atomic E-state index is 12.3. The molecular formula is C8H10N4O2S3. The van der Waals surface area contributed by atoms with Crippen molar-refractivity contribution in [2.24, 2.45) is 0 Å². The maximum Gasteiger partial charge on any atom is 0.229 e. The smallest absolute Gasteiger partial charge is 0.229 e. The van der Waals surface area contributed by atoms with Gasteiger partial charge in [-0.1, -0.05) is 22.7 Å². The van der Waals surface area contributed by atoms with E-state index in [0.29, 0.717) is 11.4 Å². The lowest BCUT2D eigenvalue weighted by Gasteiger charge is -1.99. The Labute approximate surface area is 106 Å². The Balaban J connectivity index is 2.65. The summed E-state index contributed by atoms with van der Waals surface area (Å²) in [7, 11) is -3.61. The van der Waals surface area contributed by atoms with Gasteiger partial charge in [-0.15, -0.1) is 0 Å². The third-order valence-electron chi connectivity index (χ3n) is 2.03. The predicted octanol–water partition coefficient (Wildman–Crippen LogP) is 1.21. The molecule has 0 atom stereocenters. The van der Waals surface area contributed by atoms with E-state index >= 15 is 0 Å². The first kappa shape index (κ1) is 12.3. The third-order valence-corrected chi connectivity index (χ3v) is 6.98. The number of nitrogens with two attached hydrogens (primary N) is 2. The molecule has 0 saturated heterocycles. The van der Waals surface area contributed by atoms with Gasteiger partial charge in [0, 0.05) is 0 Å². The zero-order valence-electron chi connectivity index (χ0n) is 9.09. The monoisotopic (exact) mass is 290 g/mol. The summed E-state index contributed by atoms with van der Waals surface area (Å²) < 4.78 is 25.0. The summed E-state index contributed by atoms with van der Waals surface area (Å²) in [5.74, 6) is 0. The molecule has 2 rings (SSSR count). The van der Waals surface area contributed by atoms with E-state index in [2.05, 4.69) is 9.97 Å². The number of sulfone groups is 1. The molecule has 0 spiro atoms. The van der Waals surface area contributed by atoms with Crippen molar-refractivity contribution in [1.29, 1.82) is 0 Å². The number of anilines is 2. The summed E-state index contributed by atoms with van der Waals surface area (Å²) in [5, 5.41) is 0.465. The summed E-state index contributed by atoms with van der Waals surface area (Å²) in [6.07, 6.45) is 0. The van der Waals surface area contributed by atoms with E-state index in [1.165, 1.54) is 0 Å². The molecule has 0 amide bonds. The number of hydrogen-bond donors (Lipinski definition) is 2. The Morgan fingerprint density at radius 2 is 1.29 bits per heavy atom. The number of thiazole rings is 2. The zero-order chi connectivity index (χ0) is 12.8. The lowest BCUT2D eigenvalue weighted by atomic mass is 10.6. The van der Waals surface area contributed by atoms with E-state index < -0.39 is 9.84 Å². The fraction of sp³-hybridized carbons (Fsp3) is 0.250. The summed E-state index contributed by atoms with van der Waals surface area (Å²) in [6, 6.07) is 0. The Morgan fingerprint density at radius 3 is 1.53 bits per heavy atom. The Bertz CT molecular complexity index is 619. The van der Waals surface area contributed by atoms with Crippen LogP contribution in [0.25, 0.3) is 0 Å². The van der Waals surface area contributed by atoms with Crippen LogP contribution < -0.4 is 11.5 Å². The molecule has 6 nitrogen and oxygen atoms in total. The highest BCUT2D eigenvalue weighted by Gasteiger charge is 2.28. The minimum Gasteiger partial charge on any atom is -0.375 e. The molecule has 0 aliphatic carbocycles. The van der Waals surface area contributed by atoms with Gasteiger partial charge >= 0.3 is 0 Å². The molecule has 2 heterocycles. The molecule has 4 N–H and O–H groups in total. The van der Waals surface area contributed by atoms with Crippen LogP contribution in [-0.2, 0) is 9.84 Å². The second kappa shape index (κ2) is 3.93. The van der Waals surface area contributed by atoms with Crippen molar-refractivity contribution < 1.29 is 8.42 Å². The van der Waals surface area contributed by atoms with Gasteiger partial charge in [-0.2, -0.15) is 0 Å². The standard InChI is InChI=1S/C8H10N4O2S3/c1-3-5(15-7(9)11-3)17(13,14)6-4(2)12-8(10)16-6/h1-2H3,(H2,9,11)(H2,10,12). The van der Waals surface area contributed by atoms with Crippen molar-refractivity contribution in [2.75, 3.05) is 11.5 Å². The molecule has 0 aliphatic rings. The number of hydrogen-bond acceptors (Lipinski definition) is 8. The number of nitrogens with zero attached hydrogens (tertiary/aromatic N) is 2. The molecule has 17 heavy (non-hydrogen) atoms. The van der Waals surface area contributed by atoms with Gasteiger partial charge in [-0.05, 0) is 13.8 Å². The quantitative estimate of drug-likeness (QED) is 0.859. The van der Waals surface area contributed by atoms with Gasteiger partial charge in [-0.3, -0.25) is 0 Å². The SMILES string of the molecule is Cc1nc(N)sc1S(=O)(=O)c1sc(N)nc1C. The van der Waals surface area contributed by atoms with Crippen molar-refractivity contribution >= 4 is 42.8 Å². The first-order chi connectivity index (χ1) is 7.82. The van der Waals surface area contributed by atoms with Crippen LogP contribution in [0.2, 0.25) is 0 Å². The summed E-state index contributed by atoms with van der Waals surface area (Å²) in [6.45, 7) is 3.22. The molecular weight excluding hydrogens is 280 g/mol. The molecule has 0 unspecified atom stereocenters. The zero-order valence-corrected chi connectivity index (χ0v) is 11.5. The number of rotatable bonds is 2. The minimum atomic E-state index is -3.61. The van der Waals surface area contributed by atoms with Crippen LogP contribution in [0.3, 0.4) is 0 Å². The van der Waals surface area contributed by atoms with Crippen LogP contribution in [0.1, 0.15) is 11.4 Å². The third kappa shape index (κ3) is 2.01. The molecule has 0 aliphatic heterocycles. The van der Waals surface area contributed by atoms with Crippen LogP contribution >= 0.6 is 22.7 Å². The highest BCUT2D eigenvalue weighted by atomic mass is 32.3. The molecule has 0 saturated carbocycles. The molecule has 0 radical (unpaired) electrons. The highest BCUT2D eigenvalue weighted by Crippen LogP contribution is 2.35. The van der Waals surface area contributed by atoms with Gasteiger partial charge in [0.2, 0.25) is 9.84 Å². The number of aromatic nitrogens is 2. The first-order valence-corrected chi connectivity index (χ1v) is 7.65. The van der Waals surface area contributed by atoms with Crippen LogP contribution in [0, 0.1) is 13.8 Å². The van der Waals surface area contributed by atoms with Crippen LogP contribution in [0.15, 0.2) is 8.42 Å². The minimum absolute atomic E-state index is 0.154. The molecule has 0 bridgehead atoms. The van der Waals surface area contributed by atoms with E-state index in [0.717, 1.165) is 22.7 Å². The first-order valence-electron chi connectivity index (χ1n) is 4.53. The molecule has 92 valence electrons. The van der Waals surface area contributed by atoms with Crippen molar-refractivity contribution in [3.63, 3.8) is 0 Å². The molecule has 0 fully saturated rings. The van der Waals surface area contributed by atoms with Crippen molar-refractivity contribution in [1.82, 2.24) is 9.97 Å². The van der Waals surface area contributed by atoms with E-state index in [-0.39, 0.29) is 18.7 Å². The summed E-state index contributed by atoms with van der Waals surface area (Å²) in [4.78, 5) is 7.82. The number of aryl methyl sites for hydroxylation is 2. The Morgan fingerprint density at radius 1 is 0.941 bits per heavy atom. The largest absolute Gasteiger partial charge is 0.375 e. The maximum atomic E-state index is 12.3. The second-order valence-electron chi connectivity index (χ2n) is 3.35. The summed E-state index contributed by atoms with van der Waals surface area (Å²) in [5.41, 5.74) is 11.8. The Hall–Kier alpha value is -1.19. The van der Waals surface area contributed by atoms with E-state index in [4.69, 9.17) is 11.5 Å². The fourth-order valence-electron chi connectivity index (χ4n) is 1.39. The van der Waals surface area contributed by atoms with Gasteiger partial charge < -0.3 is 11.5 Å². The Kier molecular flexibility index (Phi) is 2.84. The summed E-state index contributed by atoms with van der Waals surface area (Å²) >= 11 is 1.90. The van der Waals surface area contributed by atoms with E-state index in [9.17, 15) is 8.42 Å². The normalized spacial score (nSPS) is 11.9. The van der Waals surface area contributed by atoms with Gasteiger partial charge in [0.25, 0.3) is 0 Å². The van der Waals surface area contributed by atoms with Crippen molar-refractivity contribution in [3.8, 4) is 0 Å². The van der Waals surface area contributed by atoms with E-state index in [1.807, 2.05) is 0 Å². The lowest BCUT2D eigenvalue weighted by Crippen LogP contribution is -2.01. The van der Waals surface area contributed by atoms with Crippen molar-refractivity contribution in [3.05, 3.63) is 11.4 Å². The lowest BCUT2D eigenvalue weighted by molar-refractivity contribution is 0.598. The van der Waals surface area contributed by atoms with Crippen molar-refractivity contribution in [2.45, 2.75) is 22.3 Å². The van der Waals surface area contributed by atoms with Gasteiger partial charge in [0.15, 0.2) is 10.3 Å². The fourth-order valence-corrected chi connectivity index (χ4v) is 5.61. The van der Waals surface area contributed by atoms with Crippen LogP contribution in [0.5, 0.6) is 0 Å². The molecule has 9 heteroatoms. The average molecular weight is 290 g/mol. The second-order valence-corrected chi connectivity index (χ2v) is 7.75. The van der Waals surface area contributed by atoms with Gasteiger partial charge in [0.05, 0.1) is 11.4 Å². The molecule has 0 aromatic carbocycles. The molecule has 2 aromatic rings. The average Bonchev–Trinajstić information content (AvgIpc) is 2.70. The van der Waals surface area contributed by atoms with Gasteiger partial charge in [0.1, 0.15) is 8.42 Å². The highest BCUT2D eigenvalue weighted by molar-refractivity contribution is 7.95. The molecule has 2 aromatic heterocycles. The number of nitrogen functional groups attached to an aromatic ring is 2. The van der Waals surface area contributed by atoms with Crippen LogP contribution in [-0.4, -0.2) is 18.4 Å².